The van der Waals surface area contributed by atoms with E-state index in [-0.39, 0.29) is 25.4 Å². The molecule has 0 unspecified atom stereocenters. The van der Waals surface area contributed by atoms with Crippen LogP contribution in [0.2, 0.25) is 0 Å². The van der Waals surface area contributed by atoms with Crippen LogP contribution in [-0.2, 0) is 33.6 Å². The Bertz CT molecular complexity index is 793. The average Bonchev–Trinajstić information content (AvgIpc) is 2.79. The SMILES string of the molecule is C#CC[C@H](NCC(=O)NCC(=O)NCC(=O)NCC(=O)NCC(=O)NCC(N)=O)C(=O)NC. The van der Waals surface area contributed by atoms with Crippen molar-refractivity contribution in [3.05, 3.63) is 0 Å². The molecule has 15 heteroatoms. The molecular weight excluding hydrogens is 440 g/mol. The second kappa shape index (κ2) is 16.5. The van der Waals surface area contributed by atoms with Crippen molar-refractivity contribution in [2.45, 2.75) is 12.5 Å². The largest absolute Gasteiger partial charge is 0.368 e. The average molecular weight is 468 g/mol. The Labute approximate surface area is 189 Å². The van der Waals surface area contributed by atoms with Gasteiger partial charge in [0.05, 0.1) is 45.3 Å². The van der Waals surface area contributed by atoms with Gasteiger partial charge in [-0.1, -0.05) is 0 Å². The number of nitrogens with two attached hydrogens (primary N) is 1. The first-order valence-corrected chi connectivity index (χ1v) is 9.59. The van der Waals surface area contributed by atoms with Gasteiger partial charge in [-0.25, -0.2) is 0 Å². The lowest BCUT2D eigenvalue weighted by atomic mass is 10.2. The molecule has 33 heavy (non-hydrogen) atoms. The van der Waals surface area contributed by atoms with Gasteiger partial charge in [0.2, 0.25) is 41.4 Å². The van der Waals surface area contributed by atoms with Crippen LogP contribution >= 0.6 is 0 Å². The van der Waals surface area contributed by atoms with Gasteiger partial charge in [-0.05, 0) is 0 Å². The number of nitrogens with one attached hydrogen (secondary N) is 7. The molecule has 0 aliphatic carbocycles. The van der Waals surface area contributed by atoms with Crippen LogP contribution in [0, 0.1) is 12.3 Å². The Hall–Kier alpha value is -4.19. The van der Waals surface area contributed by atoms with Crippen molar-refractivity contribution in [3.8, 4) is 12.3 Å². The summed E-state index contributed by atoms with van der Waals surface area (Å²) in [6.45, 7) is -2.38. The number of carbonyl (C=O) groups excluding carboxylic acids is 7. The van der Waals surface area contributed by atoms with Gasteiger partial charge in [0.1, 0.15) is 0 Å². The fraction of sp³-hybridized carbons (Fsp3) is 0.500. The van der Waals surface area contributed by atoms with Gasteiger partial charge in [0.15, 0.2) is 0 Å². The minimum atomic E-state index is -0.759. The summed E-state index contributed by atoms with van der Waals surface area (Å²) < 4.78 is 0. The molecule has 0 saturated heterocycles. The third-order valence-electron chi connectivity index (χ3n) is 3.64. The van der Waals surface area contributed by atoms with E-state index in [4.69, 9.17) is 12.2 Å². The lowest BCUT2D eigenvalue weighted by Crippen LogP contribution is -2.48. The third kappa shape index (κ3) is 15.3. The van der Waals surface area contributed by atoms with Gasteiger partial charge < -0.3 is 37.6 Å². The third-order valence-corrected chi connectivity index (χ3v) is 3.64. The van der Waals surface area contributed by atoms with Crippen LogP contribution < -0.4 is 43.0 Å². The van der Waals surface area contributed by atoms with E-state index < -0.39 is 67.7 Å². The summed E-state index contributed by atoms with van der Waals surface area (Å²) in [7, 11) is 1.42. The van der Waals surface area contributed by atoms with Gasteiger partial charge in [0.25, 0.3) is 0 Å². The first-order chi connectivity index (χ1) is 15.6. The van der Waals surface area contributed by atoms with Crippen LogP contribution in [0.15, 0.2) is 0 Å². The fourth-order valence-electron chi connectivity index (χ4n) is 1.98. The van der Waals surface area contributed by atoms with Crippen molar-refractivity contribution in [1.82, 2.24) is 37.2 Å². The maximum Gasteiger partial charge on any atom is 0.239 e. The molecule has 0 saturated carbocycles. The van der Waals surface area contributed by atoms with Crippen molar-refractivity contribution in [3.63, 3.8) is 0 Å². The molecule has 7 amide bonds. The minimum Gasteiger partial charge on any atom is -0.368 e. The molecule has 0 aliphatic heterocycles. The highest BCUT2D eigenvalue weighted by molar-refractivity contribution is 5.92. The molecule has 9 N–H and O–H groups in total. The summed E-state index contributed by atoms with van der Waals surface area (Å²) in [5, 5.41) is 16.2. The summed E-state index contributed by atoms with van der Waals surface area (Å²) in [5.74, 6) is -2.06. The van der Waals surface area contributed by atoms with E-state index in [1.165, 1.54) is 7.05 Å². The molecule has 182 valence electrons. The Balaban J connectivity index is 4.02. The molecule has 15 nitrogen and oxygen atoms in total. The summed E-state index contributed by atoms with van der Waals surface area (Å²) in [6.07, 6.45) is 5.23. The lowest BCUT2D eigenvalue weighted by molar-refractivity contribution is -0.129. The normalized spacial score (nSPS) is 10.5. The number of terminal acetylenes is 1. The number of hydrogen-bond acceptors (Lipinski definition) is 8. The van der Waals surface area contributed by atoms with Crippen LogP contribution in [0.3, 0.4) is 0 Å². The highest BCUT2D eigenvalue weighted by Gasteiger charge is 2.17. The molecule has 0 heterocycles. The highest BCUT2D eigenvalue weighted by atomic mass is 16.2. The quantitative estimate of drug-likeness (QED) is 0.107. The second-order valence-corrected chi connectivity index (χ2v) is 6.31. The molecule has 0 spiro atoms. The van der Waals surface area contributed by atoms with Crippen molar-refractivity contribution in [2.24, 2.45) is 5.73 Å². The van der Waals surface area contributed by atoms with Gasteiger partial charge >= 0.3 is 0 Å². The number of amides is 7. The number of likely N-dealkylation sites (N-methyl/N-ethyl adjacent to an activating group) is 1. The zero-order valence-corrected chi connectivity index (χ0v) is 18.0. The Kier molecular flexibility index (Phi) is 14.4. The van der Waals surface area contributed by atoms with E-state index in [2.05, 4.69) is 43.1 Å². The highest BCUT2D eigenvalue weighted by Crippen LogP contribution is 1.89. The number of rotatable bonds is 15. The fourth-order valence-corrected chi connectivity index (χ4v) is 1.98. The van der Waals surface area contributed by atoms with Crippen molar-refractivity contribution in [2.75, 3.05) is 46.3 Å². The molecule has 0 aromatic heterocycles. The topological polar surface area (TPSA) is 230 Å². The molecule has 1 atom stereocenters. The Morgan fingerprint density at radius 1 is 0.697 bits per heavy atom. The zero-order chi connectivity index (χ0) is 25.2. The summed E-state index contributed by atoms with van der Waals surface area (Å²) >= 11 is 0. The first-order valence-electron chi connectivity index (χ1n) is 9.59. The van der Waals surface area contributed by atoms with E-state index in [0.717, 1.165) is 0 Å². The van der Waals surface area contributed by atoms with Crippen LogP contribution in [0.5, 0.6) is 0 Å². The molecule has 0 bridgehead atoms. The molecule has 0 aromatic rings. The molecule has 0 radical (unpaired) electrons. The van der Waals surface area contributed by atoms with E-state index >= 15 is 0 Å². The van der Waals surface area contributed by atoms with Gasteiger partial charge in [-0.15, -0.1) is 12.3 Å². The molecule has 0 aromatic carbocycles. The predicted octanol–water partition coefficient (Wildman–Crippen LogP) is -6.22. The summed E-state index contributed by atoms with van der Waals surface area (Å²) in [4.78, 5) is 80.0. The summed E-state index contributed by atoms with van der Waals surface area (Å²) in [6, 6.07) is -0.759. The van der Waals surface area contributed by atoms with Crippen LogP contribution in [0.4, 0.5) is 0 Å². The zero-order valence-electron chi connectivity index (χ0n) is 18.0. The number of carbonyl (C=O) groups is 7. The van der Waals surface area contributed by atoms with Gasteiger partial charge in [-0.2, -0.15) is 0 Å². The van der Waals surface area contributed by atoms with Gasteiger partial charge in [-0.3, -0.25) is 38.9 Å². The van der Waals surface area contributed by atoms with Gasteiger partial charge in [0, 0.05) is 13.5 Å². The Morgan fingerprint density at radius 3 is 1.39 bits per heavy atom. The van der Waals surface area contributed by atoms with Crippen molar-refractivity contribution in [1.29, 1.82) is 0 Å². The standard InChI is InChI=1S/C18H28N8O7/c1-3-4-11(18(33)20-2)21-6-13(28)23-8-15(30)25-10-17(32)26-9-16(31)24-7-14(29)22-5-12(19)27/h1,11,21H,4-10H2,2H3,(H2,19,27)(H,20,33)(H,22,29)(H,23,28)(H,24,31)(H,25,30)(H,26,32)/t11-/m0/s1. The van der Waals surface area contributed by atoms with Crippen molar-refractivity contribution >= 4 is 41.4 Å². The monoisotopic (exact) mass is 468 g/mol. The molecular formula is C18H28N8O7. The number of hydrogen-bond donors (Lipinski definition) is 8. The van der Waals surface area contributed by atoms with Crippen LogP contribution in [0.25, 0.3) is 0 Å². The van der Waals surface area contributed by atoms with Crippen LogP contribution in [0.1, 0.15) is 6.42 Å². The molecule has 0 aliphatic rings. The predicted molar refractivity (Wildman–Crippen MR) is 114 cm³/mol. The van der Waals surface area contributed by atoms with E-state index in [9.17, 15) is 33.6 Å². The minimum absolute atomic E-state index is 0.0725. The lowest BCUT2D eigenvalue weighted by Gasteiger charge is -2.14. The smallest absolute Gasteiger partial charge is 0.239 e. The maximum absolute atomic E-state index is 11.8. The molecule has 0 rings (SSSR count). The van der Waals surface area contributed by atoms with E-state index in [0.29, 0.717) is 0 Å². The van der Waals surface area contributed by atoms with E-state index in [1.807, 2.05) is 0 Å². The maximum atomic E-state index is 11.8. The van der Waals surface area contributed by atoms with E-state index in [1.54, 1.807) is 0 Å². The summed E-state index contributed by atoms with van der Waals surface area (Å²) in [5.41, 5.74) is 4.85. The Morgan fingerprint density at radius 2 is 1.06 bits per heavy atom. The second-order valence-electron chi connectivity index (χ2n) is 6.31. The van der Waals surface area contributed by atoms with Crippen molar-refractivity contribution < 1.29 is 33.6 Å². The molecule has 0 fully saturated rings. The number of primary amides is 1. The first kappa shape index (κ1) is 28.8. The van der Waals surface area contributed by atoms with Crippen LogP contribution in [-0.4, -0.2) is 93.7 Å².